The molecule has 1 aliphatic heterocycles. The SMILES string of the molecule is CN(C)C(=O)[C@@H](NC(=O)CCC(=O)C(=O)C(CC(=O)[C@@H]1[C@@H]2[C@H](CN1C(=O)[C@@H](NC(=O)OC(C)(C)C)C1CCCCC1)C2(C)C)CC1CCC1)c1ccccc1. The van der Waals surface area contributed by atoms with Crippen LogP contribution >= 0.6 is 0 Å². The maximum Gasteiger partial charge on any atom is 0.408 e. The van der Waals surface area contributed by atoms with Crippen LogP contribution in [0.25, 0.3) is 0 Å². The Morgan fingerprint density at radius 2 is 1.55 bits per heavy atom. The van der Waals surface area contributed by atoms with Gasteiger partial charge in [0.25, 0.3) is 0 Å². The molecule has 4 fully saturated rings. The molecule has 2 N–H and O–H groups in total. The monoisotopic (exact) mass is 762 g/mol. The standard InChI is InChI=1S/C43H62N4O8/c1-42(2,3)55-41(54)45-36(28-19-12-9-13-20-28)40(53)47-25-30-34(43(30,4)5)37(47)32(49)24-29(23-26-15-14-16-26)38(51)31(48)21-22-33(50)44-35(39(52)46(6)7)27-17-10-8-11-18-27/h8,10-11,17-18,26,28-30,34-37H,9,12-16,19-25H2,1-7H3,(H,44,50)(H,45,54)/t29?,30-,34-,35-,36-,37+/m0/s1. The molecule has 12 heteroatoms. The van der Waals surface area contributed by atoms with Gasteiger partial charge in [-0.1, -0.05) is 82.7 Å². The van der Waals surface area contributed by atoms with Crippen molar-refractivity contribution in [2.75, 3.05) is 20.6 Å². The van der Waals surface area contributed by atoms with Crippen LogP contribution in [0, 0.1) is 35.0 Å². The number of likely N-dealkylation sites (N-methyl/N-ethyl adjacent to an activating group) is 1. The molecule has 6 atom stereocenters. The molecule has 55 heavy (non-hydrogen) atoms. The van der Waals surface area contributed by atoms with Gasteiger partial charge in [0.05, 0.1) is 6.04 Å². The molecule has 0 radical (unpaired) electrons. The van der Waals surface area contributed by atoms with E-state index < -0.39 is 53.2 Å². The minimum absolute atomic E-state index is 0.0822. The first-order chi connectivity index (χ1) is 25.9. The van der Waals surface area contributed by atoms with E-state index in [4.69, 9.17) is 4.74 Å². The van der Waals surface area contributed by atoms with Crippen LogP contribution in [-0.2, 0) is 33.5 Å². The maximum atomic E-state index is 14.5. The Labute approximate surface area is 326 Å². The minimum Gasteiger partial charge on any atom is -0.444 e. The first-order valence-electron chi connectivity index (χ1n) is 20.3. The van der Waals surface area contributed by atoms with Crippen LogP contribution in [-0.4, -0.2) is 89.3 Å². The average molecular weight is 763 g/mol. The van der Waals surface area contributed by atoms with Crippen molar-refractivity contribution in [1.29, 1.82) is 0 Å². The van der Waals surface area contributed by atoms with Gasteiger partial charge in [-0.3, -0.25) is 28.8 Å². The number of ketones is 3. The fraction of sp³-hybridized carbons (Fsp3) is 0.698. The summed E-state index contributed by atoms with van der Waals surface area (Å²) < 4.78 is 5.56. The number of ether oxygens (including phenoxy) is 1. The van der Waals surface area contributed by atoms with E-state index in [0.717, 1.165) is 51.4 Å². The minimum atomic E-state index is -0.942. The lowest BCUT2D eigenvalue weighted by Gasteiger charge is -2.37. The molecule has 12 nitrogen and oxygen atoms in total. The molecule has 5 rings (SSSR count). The number of amides is 4. The summed E-state index contributed by atoms with van der Waals surface area (Å²) in [5, 5.41) is 5.61. The first kappa shape index (κ1) is 42.1. The van der Waals surface area contributed by atoms with Crippen LogP contribution in [0.15, 0.2) is 30.3 Å². The van der Waals surface area contributed by atoms with Crippen LogP contribution in [0.2, 0.25) is 0 Å². The topological polar surface area (TPSA) is 159 Å². The van der Waals surface area contributed by atoms with Crippen molar-refractivity contribution in [3.8, 4) is 0 Å². The van der Waals surface area contributed by atoms with Crippen LogP contribution in [0.3, 0.4) is 0 Å². The highest BCUT2D eigenvalue weighted by Gasteiger charge is 2.69. The Bertz CT molecular complexity index is 1610. The highest BCUT2D eigenvalue weighted by Crippen LogP contribution is 2.65. The molecule has 4 amide bonds. The van der Waals surface area contributed by atoms with Gasteiger partial charge in [0, 0.05) is 45.8 Å². The second-order valence-corrected chi connectivity index (χ2v) is 18.2. The number of fused-ring (bicyclic) bond motifs is 1. The van der Waals surface area contributed by atoms with Gasteiger partial charge >= 0.3 is 6.09 Å². The zero-order chi connectivity index (χ0) is 40.2. The number of hydrogen-bond donors (Lipinski definition) is 2. The van der Waals surface area contributed by atoms with Gasteiger partial charge in [-0.25, -0.2) is 4.79 Å². The number of alkyl carbamates (subject to hydrolysis) is 1. The van der Waals surface area contributed by atoms with Crippen molar-refractivity contribution < 1.29 is 38.3 Å². The van der Waals surface area contributed by atoms with E-state index in [2.05, 4.69) is 24.5 Å². The van der Waals surface area contributed by atoms with Gasteiger partial charge in [-0.05, 0) is 74.7 Å². The smallest absolute Gasteiger partial charge is 0.408 e. The van der Waals surface area contributed by atoms with E-state index in [9.17, 15) is 33.6 Å². The Hall–Kier alpha value is -4.09. The molecule has 302 valence electrons. The third-order valence-corrected chi connectivity index (χ3v) is 12.5. The Morgan fingerprint density at radius 1 is 0.891 bits per heavy atom. The summed E-state index contributed by atoms with van der Waals surface area (Å²) in [5.41, 5.74) is -0.318. The van der Waals surface area contributed by atoms with E-state index in [-0.39, 0.29) is 65.9 Å². The Morgan fingerprint density at radius 3 is 2.13 bits per heavy atom. The van der Waals surface area contributed by atoms with Gasteiger partial charge < -0.3 is 25.2 Å². The summed E-state index contributed by atoms with van der Waals surface area (Å²) in [6.07, 6.45) is 6.35. The number of likely N-dealkylation sites (tertiary alicyclic amines) is 1. The first-order valence-corrected chi connectivity index (χ1v) is 20.3. The molecule has 1 aromatic carbocycles. The molecule has 0 aromatic heterocycles. The molecule has 1 unspecified atom stereocenters. The normalized spacial score (nSPS) is 23.6. The van der Waals surface area contributed by atoms with Gasteiger partial charge in [0.2, 0.25) is 23.5 Å². The molecule has 1 heterocycles. The molecule has 0 spiro atoms. The number of nitrogens with zero attached hydrogens (tertiary/aromatic N) is 2. The van der Waals surface area contributed by atoms with Crippen LogP contribution in [0.1, 0.15) is 123 Å². The third kappa shape index (κ3) is 10.2. The van der Waals surface area contributed by atoms with E-state index in [0.29, 0.717) is 18.5 Å². The van der Waals surface area contributed by atoms with Crippen molar-refractivity contribution in [1.82, 2.24) is 20.4 Å². The number of piperidine rings is 1. The van der Waals surface area contributed by atoms with E-state index in [1.54, 1.807) is 64.0 Å². The molecule has 0 bridgehead atoms. The van der Waals surface area contributed by atoms with Crippen molar-refractivity contribution in [2.45, 2.75) is 135 Å². The summed E-state index contributed by atoms with van der Waals surface area (Å²) >= 11 is 0. The van der Waals surface area contributed by atoms with Crippen LogP contribution in [0.5, 0.6) is 0 Å². The number of rotatable bonds is 16. The highest BCUT2D eigenvalue weighted by atomic mass is 16.6. The molecular weight excluding hydrogens is 700 g/mol. The third-order valence-electron chi connectivity index (χ3n) is 12.5. The number of hydrogen-bond acceptors (Lipinski definition) is 8. The van der Waals surface area contributed by atoms with E-state index in [1.165, 1.54) is 4.90 Å². The lowest BCUT2D eigenvalue weighted by molar-refractivity contribution is -0.144. The van der Waals surface area contributed by atoms with Crippen LogP contribution in [0.4, 0.5) is 4.79 Å². The number of nitrogens with one attached hydrogen (secondary N) is 2. The van der Waals surface area contributed by atoms with E-state index >= 15 is 0 Å². The largest absolute Gasteiger partial charge is 0.444 e. The number of Topliss-reactive ketones (excluding diaryl/α,β-unsaturated/α-hetero) is 3. The lowest BCUT2D eigenvalue weighted by atomic mass is 9.75. The molecule has 3 saturated carbocycles. The molecular formula is C43H62N4O8. The van der Waals surface area contributed by atoms with Gasteiger partial charge in [0.1, 0.15) is 17.7 Å². The highest BCUT2D eigenvalue weighted by molar-refractivity contribution is 6.38. The number of carbonyl (C=O) groups is 7. The zero-order valence-electron chi connectivity index (χ0n) is 33.9. The molecule has 3 aliphatic carbocycles. The molecule has 1 saturated heterocycles. The summed E-state index contributed by atoms with van der Waals surface area (Å²) in [6, 6.07) is 6.28. The predicted molar refractivity (Wildman–Crippen MR) is 206 cm³/mol. The van der Waals surface area contributed by atoms with Gasteiger partial charge in [-0.15, -0.1) is 0 Å². The van der Waals surface area contributed by atoms with Gasteiger partial charge in [-0.2, -0.15) is 0 Å². The summed E-state index contributed by atoms with van der Waals surface area (Å²) in [7, 11) is 3.19. The Kier molecular flexibility index (Phi) is 13.3. The second kappa shape index (κ2) is 17.4. The Balaban J connectivity index is 1.29. The van der Waals surface area contributed by atoms with Crippen molar-refractivity contribution >= 4 is 41.2 Å². The van der Waals surface area contributed by atoms with Crippen molar-refractivity contribution in [3.05, 3.63) is 35.9 Å². The molecule has 4 aliphatic rings. The lowest BCUT2D eigenvalue weighted by Crippen LogP contribution is -2.57. The van der Waals surface area contributed by atoms with Crippen molar-refractivity contribution in [3.63, 3.8) is 0 Å². The summed E-state index contributed by atoms with van der Waals surface area (Å²) in [5.74, 6) is -3.45. The predicted octanol–water partition coefficient (Wildman–Crippen LogP) is 5.57. The second-order valence-electron chi connectivity index (χ2n) is 18.2. The van der Waals surface area contributed by atoms with Crippen LogP contribution < -0.4 is 10.6 Å². The maximum absolute atomic E-state index is 14.5. The summed E-state index contributed by atoms with van der Waals surface area (Å²) in [6.45, 7) is 9.90. The van der Waals surface area contributed by atoms with E-state index in [1.807, 2.05) is 6.07 Å². The fourth-order valence-electron chi connectivity index (χ4n) is 9.12. The molecule has 1 aromatic rings. The number of carbonyl (C=O) groups excluding carboxylic acids is 7. The zero-order valence-corrected chi connectivity index (χ0v) is 33.9. The van der Waals surface area contributed by atoms with Gasteiger partial charge in [0.15, 0.2) is 11.6 Å². The fourth-order valence-corrected chi connectivity index (χ4v) is 9.12. The van der Waals surface area contributed by atoms with Crippen molar-refractivity contribution in [2.24, 2.45) is 35.0 Å². The quantitative estimate of drug-likeness (QED) is 0.207. The average Bonchev–Trinajstić information content (AvgIpc) is 3.41. The number of benzene rings is 1. The summed E-state index contributed by atoms with van der Waals surface area (Å²) in [4.78, 5) is 98.4.